The van der Waals surface area contributed by atoms with Crippen LogP contribution in [-0.4, -0.2) is 20.9 Å². The van der Waals surface area contributed by atoms with Crippen LogP contribution in [0.2, 0.25) is 0 Å². The van der Waals surface area contributed by atoms with Crippen LogP contribution in [0.5, 0.6) is 0 Å². The number of rotatable bonds is 9. The van der Waals surface area contributed by atoms with Crippen LogP contribution in [-0.2, 0) is 6.42 Å². The monoisotopic (exact) mass is 413 g/mol. The van der Waals surface area contributed by atoms with E-state index in [2.05, 4.69) is 55.3 Å². The fraction of sp³-hybridized carbons (Fsp3) is 0.300. The molecule has 6 heteroatoms. The van der Waals surface area contributed by atoms with Gasteiger partial charge in [0.2, 0.25) is 11.6 Å². The number of hydrogen-bond acceptors (Lipinski definition) is 5. The molecule has 0 N–H and O–H groups in total. The van der Waals surface area contributed by atoms with Gasteiger partial charge in [-0.05, 0) is 52.9 Å². The van der Waals surface area contributed by atoms with Crippen molar-refractivity contribution >= 4 is 21.7 Å². The molecule has 1 aromatic carbocycles. The van der Waals surface area contributed by atoms with Gasteiger partial charge in [0.15, 0.2) is 0 Å². The van der Waals surface area contributed by atoms with Crippen LogP contribution in [0, 0.1) is 0 Å². The third-order valence-electron chi connectivity index (χ3n) is 4.07. The summed E-state index contributed by atoms with van der Waals surface area (Å²) in [5.74, 6) is 0.283. The Labute approximate surface area is 161 Å². The van der Waals surface area contributed by atoms with Gasteiger partial charge < -0.3 is 4.52 Å². The molecule has 2 heterocycles. The zero-order chi connectivity index (χ0) is 18.2. The number of pyridine rings is 1. The van der Waals surface area contributed by atoms with Crippen LogP contribution < -0.4 is 0 Å². The molecule has 3 rings (SSSR count). The summed E-state index contributed by atoms with van der Waals surface area (Å²) in [6, 6.07) is 15.9. The third kappa shape index (κ3) is 5.33. The Hall–Kier alpha value is -2.34. The number of carbonyl (C=O) groups excluding carboxylic acids is 1. The quantitative estimate of drug-likeness (QED) is 0.271. The molecule has 3 aromatic rings. The molecule has 2 aromatic heterocycles. The minimum absolute atomic E-state index is 0.0612. The summed E-state index contributed by atoms with van der Waals surface area (Å²) in [6.07, 6.45) is 5.62. The number of Topliss-reactive ketones (excluding diaryl/α,β-unsaturated/α-hetero) is 1. The Bertz CT molecular complexity index is 849. The van der Waals surface area contributed by atoms with Crippen molar-refractivity contribution < 1.29 is 9.32 Å². The molecule has 0 amide bonds. The lowest BCUT2D eigenvalue weighted by Gasteiger charge is -2.01. The molecule has 0 spiro atoms. The molecule has 0 saturated carbocycles. The first-order chi connectivity index (χ1) is 12.7. The molecule has 0 saturated heterocycles. The number of carbonyl (C=O) groups is 1. The Morgan fingerprint density at radius 3 is 2.54 bits per heavy atom. The van der Waals surface area contributed by atoms with Gasteiger partial charge in [0.25, 0.3) is 5.89 Å². The Morgan fingerprint density at radius 1 is 0.923 bits per heavy atom. The van der Waals surface area contributed by atoms with Gasteiger partial charge in [-0.25, -0.2) is 4.98 Å². The van der Waals surface area contributed by atoms with Crippen LogP contribution in [0.25, 0.3) is 11.5 Å². The molecule has 134 valence electrons. The SMILES string of the molecule is O=C(CCCCCCc1ccccc1)c1nc(-c2cccc(Br)n2)no1. The fourth-order valence-electron chi connectivity index (χ4n) is 2.69. The van der Waals surface area contributed by atoms with Crippen molar-refractivity contribution in [1.82, 2.24) is 15.1 Å². The third-order valence-corrected chi connectivity index (χ3v) is 4.51. The number of ketones is 1. The Kier molecular flexibility index (Phi) is 6.66. The highest BCUT2D eigenvalue weighted by Crippen LogP contribution is 2.17. The van der Waals surface area contributed by atoms with Crippen molar-refractivity contribution in [2.24, 2.45) is 0 Å². The van der Waals surface area contributed by atoms with E-state index in [9.17, 15) is 4.79 Å². The largest absolute Gasteiger partial charge is 0.330 e. The van der Waals surface area contributed by atoms with Gasteiger partial charge in [0.05, 0.1) is 0 Å². The first kappa shape index (κ1) is 18.5. The van der Waals surface area contributed by atoms with E-state index in [4.69, 9.17) is 4.52 Å². The Balaban J connectivity index is 1.40. The first-order valence-electron chi connectivity index (χ1n) is 8.76. The van der Waals surface area contributed by atoms with Crippen molar-refractivity contribution in [2.75, 3.05) is 0 Å². The number of nitrogens with zero attached hydrogens (tertiary/aromatic N) is 3. The predicted octanol–water partition coefficient (Wildman–Crippen LogP) is 5.27. The van der Waals surface area contributed by atoms with Gasteiger partial charge in [-0.1, -0.05) is 54.4 Å². The van der Waals surface area contributed by atoms with E-state index in [1.165, 1.54) is 5.56 Å². The molecular formula is C20H20BrN3O2. The molecule has 0 bridgehead atoms. The number of benzene rings is 1. The second-order valence-corrected chi connectivity index (χ2v) is 6.90. The zero-order valence-electron chi connectivity index (χ0n) is 14.4. The number of aromatic nitrogens is 3. The zero-order valence-corrected chi connectivity index (χ0v) is 16.0. The molecule has 0 aliphatic rings. The molecule has 0 fully saturated rings. The predicted molar refractivity (Wildman–Crippen MR) is 103 cm³/mol. The number of hydrogen-bond donors (Lipinski definition) is 0. The van der Waals surface area contributed by atoms with E-state index in [1.54, 1.807) is 6.07 Å². The minimum Gasteiger partial charge on any atom is -0.330 e. The average Bonchev–Trinajstić information content (AvgIpc) is 3.15. The lowest BCUT2D eigenvalue weighted by Crippen LogP contribution is -1.99. The van der Waals surface area contributed by atoms with E-state index < -0.39 is 0 Å². The Morgan fingerprint density at radius 2 is 1.73 bits per heavy atom. The van der Waals surface area contributed by atoms with Crippen LogP contribution in [0.4, 0.5) is 0 Å². The van der Waals surface area contributed by atoms with Gasteiger partial charge in [-0.2, -0.15) is 4.98 Å². The second kappa shape index (κ2) is 9.38. The molecule has 5 nitrogen and oxygen atoms in total. The molecular weight excluding hydrogens is 394 g/mol. The number of unbranched alkanes of at least 4 members (excludes halogenated alkanes) is 3. The van der Waals surface area contributed by atoms with Crippen molar-refractivity contribution in [1.29, 1.82) is 0 Å². The van der Waals surface area contributed by atoms with E-state index in [-0.39, 0.29) is 11.7 Å². The van der Waals surface area contributed by atoms with Crippen LogP contribution in [0.15, 0.2) is 57.7 Å². The van der Waals surface area contributed by atoms with E-state index in [0.717, 1.165) is 32.1 Å². The molecule has 0 radical (unpaired) electrons. The van der Waals surface area contributed by atoms with E-state index >= 15 is 0 Å². The molecule has 0 aliphatic heterocycles. The first-order valence-corrected chi connectivity index (χ1v) is 9.55. The lowest BCUT2D eigenvalue weighted by molar-refractivity contribution is 0.0936. The van der Waals surface area contributed by atoms with Crippen molar-refractivity contribution in [3.63, 3.8) is 0 Å². The van der Waals surface area contributed by atoms with Crippen molar-refractivity contribution in [3.05, 3.63) is 64.6 Å². The van der Waals surface area contributed by atoms with Gasteiger partial charge in [-0.3, -0.25) is 4.79 Å². The normalized spacial score (nSPS) is 10.8. The fourth-order valence-corrected chi connectivity index (χ4v) is 3.04. The van der Waals surface area contributed by atoms with Gasteiger partial charge in [0, 0.05) is 6.42 Å². The number of halogens is 1. The molecule has 0 unspecified atom stereocenters. The van der Waals surface area contributed by atoms with Crippen LogP contribution in [0.1, 0.15) is 48.4 Å². The maximum Gasteiger partial charge on any atom is 0.294 e. The summed E-state index contributed by atoms with van der Waals surface area (Å²) >= 11 is 3.30. The minimum atomic E-state index is -0.109. The summed E-state index contributed by atoms with van der Waals surface area (Å²) in [5, 5.41) is 3.85. The average molecular weight is 414 g/mol. The highest BCUT2D eigenvalue weighted by molar-refractivity contribution is 9.10. The smallest absolute Gasteiger partial charge is 0.294 e. The van der Waals surface area contributed by atoms with Crippen molar-refractivity contribution in [2.45, 2.75) is 38.5 Å². The summed E-state index contributed by atoms with van der Waals surface area (Å²) in [5.41, 5.74) is 1.94. The molecule has 0 aliphatic carbocycles. The second-order valence-electron chi connectivity index (χ2n) is 6.09. The summed E-state index contributed by atoms with van der Waals surface area (Å²) in [6.45, 7) is 0. The lowest BCUT2D eigenvalue weighted by atomic mass is 10.0. The van der Waals surface area contributed by atoms with Crippen LogP contribution in [0.3, 0.4) is 0 Å². The maximum atomic E-state index is 12.2. The highest BCUT2D eigenvalue weighted by Gasteiger charge is 2.16. The van der Waals surface area contributed by atoms with E-state index in [0.29, 0.717) is 22.5 Å². The number of aryl methyl sites for hydroxylation is 1. The van der Waals surface area contributed by atoms with E-state index in [1.807, 2.05) is 18.2 Å². The summed E-state index contributed by atoms with van der Waals surface area (Å²) < 4.78 is 5.77. The summed E-state index contributed by atoms with van der Waals surface area (Å²) in [4.78, 5) is 20.6. The van der Waals surface area contributed by atoms with Gasteiger partial charge in [-0.15, -0.1) is 0 Å². The topological polar surface area (TPSA) is 68.9 Å². The standard InChI is InChI=1S/C20H20BrN3O2/c21-18-14-8-12-16(22-18)19-23-20(26-24-19)17(25)13-7-2-1-4-9-15-10-5-3-6-11-15/h3,5-6,8,10-12,14H,1-2,4,7,9,13H2. The van der Waals surface area contributed by atoms with Crippen molar-refractivity contribution in [3.8, 4) is 11.5 Å². The van der Waals surface area contributed by atoms with Gasteiger partial charge >= 0.3 is 0 Å². The molecule has 0 atom stereocenters. The van der Waals surface area contributed by atoms with Crippen LogP contribution >= 0.6 is 15.9 Å². The maximum absolute atomic E-state index is 12.2. The van der Waals surface area contributed by atoms with Gasteiger partial charge in [0.1, 0.15) is 10.3 Å². The highest BCUT2D eigenvalue weighted by atomic mass is 79.9. The summed E-state index contributed by atoms with van der Waals surface area (Å²) in [7, 11) is 0. The molecule has 26 heavy (non-hydrogen) atoms.